The number of hydrogen-bond acceptors (Lipinski definition) is 2. The first-order chi connectivity index (χ1) is 6.88. The van der Waals surface area contributed by atoms with Gasteiger partial charge in [-0.15, -0.1) is 0 Å². The molecule has 2 N–H and O–H groups in total. The van der Waals surface area contributed by atoms with Gasteiger partial charge in [0.15, 0.2) is 0 Å². The molecule has 0 aliphatic heterocycles. The SMILES string of the molecule is CNNC.c1ccc2ccccc2c1. The van der Waals surface area contributed by atoms with Crippen LogP contribution in [0.2, 0.25) is 0 Å². The van der Waals surface area contributed by atoms with Crippen LogP contribution in [0.3, 0.4) is 0 Å². The number of hydrazine groups is 1. The first-order valence-electron chi connectivity index (χ1n) is 4.65. The Morgan fingerprint density at radius 1 is 0.643 bits per heavy atom. The van der Waals surface area contributed by atoms with Crippen molar-refractivity contribution >= 4 is 10.8 Å². The molecule has 0 saturated carbocycles. The highest BCUT2D eigenvalue weighted by atomic mass is 15.3. The Kier molecular flexibility index (Phi) is 4.69. The molecule has 0 fully saturated rings. The Balaban J connectivity index is 0.000000213. The highest BCUT2D eigenvalue weighted by molar-refractivity contribution is 5.81. The van der Waals surface area contributed by atoms with Crippen molar-refractivity contribution in [1.82, 2.24) is 10.9 Å². The lowest BCUT2D eigenvalue weighted by atomic mass is 10.1. The fourth-order valence-corrected chi connectivity index (χ4v) is 1.13. The Hall–Kier alpha value is -1.38. The summed E-state index contributed by atoms with van der Waals surface area (Å²) in [5, 5.41) is 2.62. The second-order valence-electron chi connectivity index (χ2n) is 2.85. The average molecular weight is 188 g/mol. The fraction of sp³-hybridized carbons (Fsp3) is 0.167. The fourth-order valence-electron chi connectivity index (χ4n) is 1.13. The molecule has 0 bridgehead atoms. The van der Waals surface area contributed by atoms with E-state index in [1.165, 1.54) is 10.8 Å². The van der Waals surface area contributed by atoms with Gasteiger partial charge in [-0.1, -0.05) is 48.5 Å². The minimum absolute atomic E-state index is 1.31. The lowest BCUT2D eigenvalue weighted by Gasteiger charge is -1.92. The largest absolute Gasteiger partial charge is 0.261 e. The van der Waals surface area contributed by atoms with Crippen LogP contribution >= 0.6 is 0 Å². The number of rotatable bonds is 1. The van der Waals surface area contributed by atoms with Crippen LogP contribution in [0.25, 0.3) is 10.8 Å². The normalized spacial score (nSPS) is 9.29. The van der Waals surface area contributed by atoms with Gasteiger partial charge in [0.1, 0.15) is 0 Å². The molecule has 2 heteroatoms. The number of hydrogen-bond donors (Lipinski definition) is 2. The molecule has 2 aromatic carbocycles. The van der Waals surface area contributed by atoms with Crippen LogP contribution in [0, 0.1) is 0 Å². The van der Waals surface area contributed by atoms with E-state index in [4.69, 9.17) is 0 Å². The first kappa shape index (κ1) is 10.7. The highest BCUT2D eigenvalue weighted by Gasteiger charge is 1.85. The van der Waals surface area contributed by atoms with Crippen molar-refractivity contribution in [2.45, 2.75) is 0 Å². The van der Waals surface area contributed by atoms with Gasteiger partial charge in [-0.2, -0.15) is 0 Å². The summed E-state index contributed by atoms with van der Waals surface area (Å²) in [6, 6.07) is 16.7. The van der Waals surface area contributed by atoms with Gasteiger partial charge < -0.3 is 0 Å². The molecule has 2 aromatic rings. The van der Waals surface area contributed by atoms with Crippen molar-refractivity contribution in [3.63, 3.8) is 0 Å². The molecule has 0 aromatic heterocycles. The zero-order chi connectivity index (χ0) is 10.2. The van der Waals surface area contributed by atoms with E-state index in [1.54, 1.807) is 0 Å². The Morgan fingerprint density at radius 3 is 1.14 bits per heavy atom. The quantitative estimate of drug-likeness (QED) is 0.670. The molecule has 0 heterocycles. The average Bonchev–Trinajstić information content (AvgIpc) is 2.30. The Morgan fingerprint density at radius 2 is 0.929 bits per heavy atom. The molecule has 0 radical (unpaired) electrons. The second kappa shape index (κ2) is 6.13. The molecule has 0 saturated heterocycles. The van der Waals surface area contributed by atoms with E-state index in [0.717, 1.165) is 0 Å². The number of fused-ring (bicyclic) bond motifs is 1. The van der Waals surface area contributed by atoms with Crippen molar-refractivity contribution in [2.24, 2.45) is 0 Å². The lowest BCUT2D eigenvalue weighted by molar-refractivity contribution is 0.689. The summed E-state index contributed by atoms with van der Waals surface area (Å²) in [6.07, 6.45) is 0. The maximum absolute atomic E-state index is 2.68. The van der Waals surface area contributed by atoms with Gasteiger partial charge in [0.2, 0.25) is 0 Å². The van der Waals surface area contributed by atoms with Crippen LogP contribution in [0.15, 0.2) is 48.5 Å². The van der Waals surface area contributed by atoms with E-state index >= 15 is 0 Å². The van der Waals surface area contributed by atoms with Crippen LogP contribution < -0.4 is 10.9 Å². The molecule has 0 aliphatic carbocycles. The van der Waals surface area contributed by atoms with Crippen LogP contribution in [0.5, 0.6) is 0 Å². The summed E-state index contributed by atoms with van der Waals surface area (Å²) in [5.74, 6) is 0. The van der Waals surface area contributed by atoms with Gasteiger partial charge in [0, 0.05) is 0 Å². The molecule has 0 spiro atoms. The zero-order valence-corrected chi connectivity index (χ0v) is 8.62. The van der Waals surface area contributed by atoms with E-state index in [9.17, 15) is 0 Å². The van der Waals surface area contributed by atoms with Crippen molar-refractivity contribution in [2.75, 3.05) is 14.1 Å². The molecule has 2 nitrogen and oxygen atoms in total. The van der Waals surface area contributed by atoms with Crippen LogP contribution in [-0.2, 0) is 0 Å². The monoisotopic (exact) mass is 188 g/mol. The molecular formula is C12H16N2. The molecule has 0 atom stereocenters. The minimum Gasteiger partial charge on any atom is -0.261 e. The molecule has 0 aliphatic rings. The van der Waals surface area contributed by atoms with Crippen LogP contribution in [0.1, 0.15) is 0 Å². The van der Waals surface area contributed by atoms with E-state index in [1.807, 2.05) is 14.1 Å². The second-order valence-corrected chi connectivity index (χ2v) is 2.85. The molecule has 74 valence electrons. The van der Waals surface area contributed by atoms with Crippen molar-refractivity contribution in [3.8, 4) is 0 Å². The van der Waals surface area contributed by atoms with E-state index < -0.39 is 0 Å². The van der Waals surface area contributed by atoms with Gasteiger partial charge in [-0.25, -0.2) is 0 Å². The minimum atomic E-state index is 1.31. The summed E-state index contributed by atoms with van der Waals surface area (Å²) < 4.78 is 0. The Bertz CT molecular complexity index is 304. The van der Waals surface area contributed by atoms with Gasteiger partial charge in [-0.3, -0.25) is 10.9 Å². The molecule has 0 unspecified atom stereocenters. The summed E-state index contributed by atoms with van der Waals surface area (Å²) in [5.41, 5.74) is 5.36. The van der Waals surface area contributed by atoms with Crippen molar-refractivity contribution in [1.29, 1.82) is 0 Å². The maximum Gasteiger partial charge on any atom is -0.00150 e. The van der Waals surface area contributed by atoms with E-state index in [2.05, 4.69) is 59.4 Å². The molecular weight excluding hydrogens is 172 g/mol. The summed E-state index contributed by atoms with van der Waals surface area (Å²) in [7, 11) is 3.64. The predicted octanol–water partition coefficient (Wildman–Crippen LogP) is 2.18. The molecule has 14 heavy (non-hydrogen) atoms. The summed E-state index contributed by atoms with van der Waals surface area (Å²) >= 11 is 0. The molecule has 0 amide bonds. The van der Waals surface area contributed by atoms with Gasteiger partial charge in [0.05, 0.1) is 0 Å². The van der Waals surface area contributed by atoms with Gasteiger partial charge >= 0.3 is 0 Å². The van der Waals surface area contributed by atoms with Crippen LogP contribution in [0.4, 0.5) is 0 Å². The topological polar surface area (TPSA) is 24.1 Å². The third-order valence-corrected chi connectivity index (χ3v) is 1.91. The lowest BCUT2D eigenvalue weighted by Crippen LogP contribution is -2.21. The van der Waals surface area contributed by atoms with Gasteiger partial charge in [0.25, 0.3) is 0 Å². The summed E-state index contributed by atoms with van der Waals surface area (Å²) in [6.45, 7) is 0. The van der Waals surface area contributed by atoms with Crippen molar-refractivity contribution in [3.05, 3.63) is 48.5 Å². The van der Waals surface area contributed by atoms with E-state index in [-0.39, 0.29) is 0 Å². The summed E-state index contributed by atoms with van der Waals surface area (Å²) in [4.78, 5) is 0. The van der Waals surface area contributed by atoms with Gasteiger partial charge in [-0.05, 0) is 24.9 Å². The molecule has 2 rings (SSSR count). The smallest absolute Gasteiger partial charge is 0.00150 e. The number of nitrogens with one attached hydrogen (secondary N) is 2. The highest BCUT2D eigenvalue weighted by Crippen LogP contribution is 2.11. The predicted molar refractivity (Wildman–Crippen MR) is 62.1 cm³/mol. The van der Waals surface area contributed by atoms with E-state index in [0.29, 0.717) is 0 Å². The number of benzene rings is 2. The third kappa shape index (κ3) is 3.17. The maximum atomic E-state index is 2.68. The van der Waals surface area contributed by atoms with Crippen LogP contribution in [-0.4, -0.2) is 14.1 Å². The standard InChI is InChI=1S/C10H8.C2H8N2/c1-2-6-10-8-4-3-7-9(10)5-1;1-3-4-2/h1-8H;3-4H,1-2H3. The van der Waals surface area contributed by atoms with Crippen molar-refractivity contribution < 1.29 is 0 Å². The third-order valence-electron chi connectivity index (χ3n) is 1.91. The Labute approximate surface area is 84.9 Å². The first-order valence-corrected chi connectivity index (χ1v) is 4.65. The zero-order valence-electron chi connectivity index (χ0n) is 8.62.